The molecule has 1 saturated carbocycles. The Labute approximate surface area is 261 Å². The summed E-state index contributed by atoms with van der Waals surface area (Å²) in [6.07, 6.45) is 2.77. The Morgan fingerprint density at radius 1 is 0.500 bits per heavy atom. The predicted molar refractivity (Wildman–Crippen MR) is 172 cm³/mol. The average Bonchev–Trinajstić information content (AvgIpc) is 3.63. The van der Waals surface area contributed by atoms with Crippen molar-refractivity contribution in [2.24, 2.45) is 0 Å². The molecule has 4 aromatic rings. The highest BCUT2D eigenvalue weighted by atomic mass is 16.6. The van der Waals surface area contributed by atoms with Gasteiger partial charge in [-0.3, -0.25) is 0 Å². The summed E-state index contributed by atoms with van der Waals surface area (Å²) in [5.41, 5.74) is 5.76. The molecule has 0 aromatic heterocycles. The van der Waals surface area contributed by atoms with Crippen LogP contribution in [-0.2, 0) is 50.1 Å². The zero-order valence-corrected chi connectivity index (χ0v) is 25.3. The molecule has 0 amide bonds. The van der Waals surface area contributed by atoms with Gasteiger partial charge in [0.1, 0.15) is 24.1 Å². The van der Waals surface area contributed by atoms with Crippen molar-refractivity contribution in [3.8, 4) is 0 Å². The van der Waals surface area contributed by atoms with E-state index in [1.54, 1.807) is 0 Å². The van der Waals surface area contributed by atoms with Crippen LogP contribution in [0.3, 0.4) is 0 Å². The summed E-state index contributed by atoms with van der Waals surface area (Å²) in [5.74, 6) is 0.907. The van der Waals surface area contributed by atoms with Gasteiger partial charge in [-0.2, -0.15) is 0 Å². The number of hydrogen-bond donors (Lipinski definition) is 0. The lowest BCUT2D eigenvalue weighted by Crippen LogP contribution is -2.56. The van der Waals surface area contributed by atoms with Gasteiger partial charge in [0.2, 0.25) is 0 Å². The van der Waals surface area contributed by atoms with E-state index in [0.29, 0.717) is 33.0 Å². The molecule has 1 aliphatic heterocycles. The summed E-state index contributed by atoms with van der Waals surface area (Å²) in [7, 11) is 0. The molecule has 2 fully saturated rings. The van der Waals surface area contributed by atoms with Crippen molar-refractivity contribution in [2.45, 2.75) is 76.5 Å². The summed E-state index contributed by atoms with van der Waals surface area (Å²) < 4.78 is 33.6. The summed E-state index contributed by atoms with van der Waals surface area (Å²) in [4.78, 5) is 0. The molecule has 1 saturated heterocycles. The van der Waals surface area contributed by atoms with E-state index in [-0.39, 0.29) is 6.10 Å². The monoisotopic (exact) mass is 590 g/mol. The first-order valence-corrected chi connectivity index (χ1v) is 15.8. The van der Waals surface area contributed by atoms with Crippen molar-refractivity contribution in [1.29, 1.82) is 0 Å². The highest BCUT2D eigenvalue weighted by Gasteiger charge is 2.47. The molecule has 0 bridgehead atoms. The maximum Gasteiger partial charge on any atom is 0.150 e. The van der Waals surface area contributed by atoms with Gasteiger partial charge in [-0.15, -0.1) is 0 Å². The van der Waals surface area contributed by atoms with Crippen molar-refractivity contribution >= 4 is 0 Å². The Morgan fingerprint density at radius 3 is 1.43 bits per heavy atom. The molecule has 44 heavy (non-hydrogen) atoms. The van der Waals surface area contributed by atoms with E-state index in [0.717, 1.165) is 53.7 Å². The van der Waals surface area contributed by atoms with Gasteiger partial charge in [-0.1, -0.05) is 121 Å². The van der Waals surface area contributed by atoms with Crippen LogP contribution in [0.25, 0.3) is 0 Å². The zero-order valence-electron chi connectivity index (χ0n) is 25.3. The minimum atomic E-state index is -0.416. The van der Waals surface area contributed by atoms with Crippen LogP contribution in [-0.4, -0.2) is 31.0 Å². The second-order valence-electron chi connectivity index (χ2n) is 11.6. The fraction of sp³-hybridized carbons (Fsp3) is 0.333. The van der Waals surface area contributed by atoms with Crippen LogP contribution in [0, 0.1) is 0 Å². The average molecular weight is 591 g/mol. The van der Waals surface area contributed by atoms with E-state index in [9.17, 15) is 0 Å². The van der Waals surface area contributed by atoms with Crippen LogP contribution in [0.2, 0.25) is 0 Å². The maximum absolute atomic E-state index is 6.92. The van der Waals surface area contributed by atoms with Gasteiger partial charge in [0, 0.05) is 0 Å². The highest BCUT2D eigenvalue weighted by Crippen LogP contribution is 2.38. The van der Waals surface area contributed by atoms with Crippen LogP contribution in [0.15, 0.2) is 133 Å². The van der Waals surface area contributed by atoms with Gasteiger partial charge in [0.25, 0.3) is 0 Å². The van der Waals surface area contributed by atoms with E-state index in [1.165, 1.54) is 5.57 Å². The Hall–Kier alpha value is -3.74. The van der Waals surface area contributed by atoms with E-state index >= 15 is 0 Å². The molecule has 4 aromatic carbocycles. The Balaban J connectivity index is 1.31. The topological polar surface area (TPSA) is 46.2 Å². The van der Waals surface area contributed by atoms with Gasteiger partial charge < -0.3 is 23.7 Å². The fourth-order valence-electron chi connectivity index (χ4n) is 6.01. The van der Waals surface area contributed by atoms with Gasteiger partial charge in [0.15, 0.2) is 6.10 Å². The van der Waals surface area contributed by atoms with E-state index < -0.39 is 18.3 Å². The lowest BCUT2D eigenvalue weighted by Gasteiger charge is -2.44. The lowest BCUT2D eigenvalue weighted by molar-refractivity contribution is -0.224. The molecule has 0 unspecified atom stereocenters. The molecule has 0 N–H and O–H groups in total. The zero-order chi connectivity index (χ0) is 29.8. The summed E-state index contributed by atoms with van der Waals surface area (Å²) in [5, 5.41) is 0. The number of hydrogen-bond acceptors (Lipinski definition) is 5. The molecule has 0 radical (unpaired) electrons. The third-order valence-electron chi connectivity index (χ3n) is 8.32. The molecule has 5 heteroatoms. The molecular formula is C39H42O5. The minimum Gasteiger partial charge on any atom is -0.487 e. The van der Waals surface area contributed by atoms with E-state index in [4.69, 9.17) is 23.7 Å². The van der Waals surface area contributed by atoms with Crippen LogP contribution >= 0.6 is 0 Å². The van der Waals surface area contributed by atoms with Crippen LogP contribution in [0.1, 0.15) is 47.9 Å². The van der Waals surface area contributed by atoms with E-state index in [1.807, 2.05) is 72.8 Å². The predicted octanol–water partition coefficient (Wildman–Crippen LogP) is 8.19. The molecule has 5 nitrogen and oxygen atoms in total. The molecule has 2 aliphatic rings. The van der Waals surface area contributed by atoms with Crippen LogP contribution < -0.4 is 0 Å². The number of allylic oxidation sites excluding steroid dienone is 1. The molecular weight excluding hydrogens is 548 g/mol. The Bertz CT molecular complexity index is 1420. The number of ether oxygens (including phenoxy) is 5. The first kappa shape index (κ1) is 30.3. The van der Waals surface area contributed by atoms with Crippen LogP contribution in [0.5, 0.6) is 0 Å². The summed E-state index contributed by atoms with van der Waals surface area (Å²) in [6, 6.07) is 41.1. The van der Waals surface area contributed by atoms with E-state index in [2.05, 4.69) is 48.5 Å². The highest BCUT2D eigenvalue weighted by molar-refractivity contribution is 5.23. The lowest BCUT2D eigenvalue weighted by atomic mass is 9.94. The van der Waals surface area contributed by atoms with Gasteiger partial charge in [-0.05, 0) is 53.5 Å². The maximum atomic E-state index is 6.92. The van der Waals surface area contributed by atoms with Crippen molar-refractivity contribution in [1.82, 2.24) is 0 Å². The standard InChI is InChI=1S/C39H42O5/c1-5-15-30(16-6-1)25-40-29-35-37(41-26-31-17-7-2-8-18-31)39(43-28-33-21-11-4-12-22-33)38(36(44-35)34-23-13-14-24-34)42-27-32-19-9-3-10-20-32/h1-12,15-22,35,37-39H,13-14,23-29H2/t35-,37-,38+,39+/m1/s1. The molecule has 1 aliphatic carbocycles. The van der Waals surface area contributed by atoms with Crippen molar-refractivity contribution in [2.75, 3.05) is 6.61 Å². The Kier molecular flexibility index (Phi) is 10.9. The van der Waals surface area contributed by atoms with Crippen LogP contribution in [0.4, 0.5) is 0 Å². The Morgan fingerprint density at radius 2 is 0.932 bits per heavy atom. The normalized spacial score (nSPS) is 21.7. The molecule has 6 rings (SSSR count). The third kappa shape index (κ3) is 8.25. The molecule has 228 valence electrons. The fourth-order valence-corrected chi connectivity index (χ4v) is 6.01. The molecule has 0 spiro atoms. The van der Waals surface area contributed by atoms with Crippen molar-refractivity contribution in [3.63, 3.8) is 0 Å². The second kappa shape index (κ2) is 15.8. The SMILES string of the molecule is c1ccc(COC[C@H]2OC(=C3CCCC3)[C@H](OCc3ccccc3)[C@@H](OCc3ccccc3)[C@@H]2OCc2ccccc2)cc1. The third-order valence-corrected chi connectivity index (χ3v) is 8.32. The number of rotatable bonds is 13. The quantitative estimate of drug-likeness (QED) is 0.157. The van der Waals surface area contributed by atoms with Crippen molar-refractivity contribution in [3.05, 3.63) is 155 Å². The number of benzene rings is 4. The van der Waals surface area contributed by atoms with Gasteiger partial charge >= 0.3 is 0 Å². The first-order chi connectivity index (χ1) is 21.8. The van der Waals surface area contributed by atoms with Gasteiger partial charge in [-0.25, -0.2) is 0 Å². The second-order valence-corrected chi connectivity index (χ2v) is 11.6. The van der Waals surface area contributed by atoms with Gasteiger partial charge in [0.05, 0.1) is 33.0 Å². The summed E-state index contributed by atoms with van der Waals surface area (Å²) in [6.45, 7) is 2.22. The molecule has 1 heterocycles. The largest absolute Gasteiger partial charge is 0.487 e. The smallest absolute Gasteiger partial charge is 0.150 e. The first-order valence-electron chi connectivity index (χ1n) is 15.8. The van der Waals surface area contributed by atoms with Crippen molar-refractivity contribution < 1.29 is 23.7 Å². The summed E-state index contributed by atoms with van der Waals surface area (Å²) >= 11 is 0. The minimum absolute atomic E-state index is 0.358. The molecule has 4 atom stereocenters.